The smallest absolute Gasteiger partial charge is 0.293 e. The van der Waals surface area contributed by atoms with Gasteiger partial charge in [-0.3, -0.25) is 15.5 Å². The number of nitro benzene ring substituents is 1. The van der Waals surface area contributed by atoms with Gasteiger partial charge in [-0.2, -0.15) is 0 Å². The maximum Gasteiger partial charge on any atom is 0.293 e. The molecule has 17 heavy (non-hydrogen) atoms. The summed E-state index contributed by atoms with van der Waals surface area (Å²) in [4.78, 5) is 10.3. The number of benzene rings is 1. The van der Waals surface area contributed by atoms with Gasteiger partial charge in [0.05, 0.1) is 15.5 Å². The average Bonchev–Trinajstić information content (AvgIpc) is 2.26. The van der Waals surface area contributed by atoms with Crippen LogP contribution in [0, 0.1) is 15.5 Å². The molecule has 0 aliphatic rings. The van der Waals surface area contributed by atoms with Crippen molar-refractivity contribution in [2.75, 3.05) is 19.4 Å². The summed E-state index contributed by atoms with van der Waals surface area (Å²) in [6, 6.07) is 2.69. The molecule has 0 radical (unpaired) electrons. The van der Waals surface area contributed by atoms with Crippen LogP contribution < -0.4 is 5.32 Å². The third-order valence-corrected chi connectivity index (χ3v) is 2.65. The van der Waals surface area contributed by atoms with Crippen molar-refractivity contribution < 1.29 is 4.92 Å². The summed E-state index contributed by atoms with van der Waals surface area (Å²) in [5.41, 5.74) is 0.320. The molecule has 0 fully saturated rings. The predicted octanol–water partition coefficient (Wildman–Crippen LogP) is 2.39. The van der Waals surface area contributed by atoms with Gasteiger partial charge >= 0.3 is 0 Å². The average molecular weight is 275 g/mol. The van der Waals surface area contributed by atoms with Crippen LogP contribution in [0.3, 0.4) is 0 Å². The van der Waals surface area contributed by atoms with E-state index in [-0.39, 0.29) is 27.8 Å². The van der Waals surface area contributed by atoms with Gasteiger partial charge < -0.3 is 9.62 Å². The molecule has 0 bridgehead atoms. The van der Waals surface area contributed by atoms with E-state index in [1.807, 2.05) is 0 Å². The maximum absolute atomic E-state index is 10.9. The lowest BCUT2D eigenvalue weighted by Crippen LogP contribution is -2.19. The second-order valence-electron chi connectivity index (χ2n) is 3.20. The van der Waals surface area contributed by atoms with Gasteiger partial charge in [0.2, 0.25) is 0 Å². The van der Waals surface area contributed by atoms with E-state index >= 15 is 0 Å². The lowest BCUT2D eigenvalue weighted by atomic mass is 10.1. The Kier molecular flexibility index (Phi) is 4.19. The number of nitro groups is 1. The number of hydrogen-bond acceptors (Lipinski definition) is 5. The summed E-state index contributed by atoms with van der Waals surface area (Å²) >= 11 is 9.94. The third-order valence-electron chi connectivity index (χ3n) is 2.14. The second kappa shape index (κ2) is 5.24. The molecular weight excluding hydrogens is 264 g/mol. The standard InChI is InChI=1S/C9H11ClN4O2S/c1-12-8-6(14(15)16)4-3-5(10)7(8)9(11)13(2)17/h3-4,11-12,17H,1-2H3. The van der Waals surface area contributed by atoms with Crippen LogP contribution in [-0.2, 0) is 0 Å². The molecule has 1 aromatic carbocycles. The minimum Gasteiger partial charge on any atom is -0.382 e. The number of amidine groups is 1. The van der Waals surface area contributed by atoms with Crippen molar-refractivity contribution in [2.24, 2.45) is 0 Å². The molecule has 1 rings (SSSR count). The van der Waals surface area contributed by atoms with Crippen LogP contribution in [0.4, 0.5) is 11.4 Å². The molecule has 6 nitrogen and oxygen atoms in total. The summed E-state index contributed by atoms with van der Waals surface area (Å²) in [7, 11) is 3.08. The van der Waals surface area contributed by atoms with Gasteiger partial charge in [0, 0.05) is 20.2 Å². The minimum absolute atomic E-state index is 0.0219. The number of thiol groups is 1. The molecule has 0 amide bonds. The highest BCUT2D eigenvalue weighted by Gasteiger charge is 2.23. The molecule has 0 aliphatic heterocycles. The molecule has 1 aromatic rings. The van der Waals surface area contributed by atoms with Crippen molar-refractivity contribution in [1.82, 2.24) is 4.31 Å². The van der Waals surface area contributed by atoms with Gasteiger partial charge in [0.15, 0.2) is 0 Å². The van der Waals surface area contributed by atoms with E-state index in [0.29, 0.717) is 0 Å². The van der Waals surface area contributed by atoms with Crippen molar-refractivity contribution >= 4 is 41.6 Å². The SMILES string of the molecule is CNc1c([N+](=O)[O-])ccc(Cl)c1C(=N)N(C)S. The number of nitrogens with zero attached hydrogens (tertiary/aromatic N) is 2. The fourth-order valence-corrected chi connectivity index (χ4v) is 1.71. The van der Waals surface area contributed by atoms with E-state index in [2.05, 4.69) is 18.1 Å². The molecule has 0 atom stereocenters. The van der Waals surface area contributed by atoms with Crippen molar-refractivity contribution in [3.05, 3.63) is 32.8 Å². The highest BCUT2D eigenvalue weighted by Crippen LogP contribution is 2.34. The van der Waals surface area contributed by atoms with E-state index in [9.17, 15) is 10.1 Å². The monoisotopic (exact) mass is 274 g/mol. The zero-order valence-electron chi connectivity index (χ0n) is 9.19. The van der Waals surface area contributed by atoms with E-state index in [4.69, 9.17) is 17.0 Å². The fourth-order valence-electron chi connectivity index (χ4n) is 1.36. The Hall–Kier alpha value is -1.47. The molecule has 0 aliphatic carbocycles. The highest BCUT2D eigenvalue weighted by molar-refractivity contribution is 7.78. The molecule has 8 heteroatoms. The summed E-state index contributed by atoms with van der Waals surface area (Å²) in [5.74, 6) is -0.0219. The first kappa shape index (κ1) is 13.6. The van der Waals surface area contributed by atoms with Crippen LogP contribution in [0.1, 0.15) is 5.56 Å². The third kappa shape index (κ3) is 2.62. The Morgan fingerprint density at radius 1 is 1.65 bits per heavy atom. The lowest BCUT2D eigenvalue weighted by molar-refractivity contribution is -0.383. The van der Waals surface area contributed by atoms with Crippen molar-refractivity contribution in [3.8, 4) is 0 Å². The highest BCUT2D eigenvalue weighted by atomic mass is 35.5. The van der Waals surface area contributed by atoms with Gasteiger partial charge in [0.1, 0.15) is 11.5 Å². The summed E-state index contributed by atoms with van der Waals surface area (Å²) in [5, 5.41) is 21.6. The van der Waals surface area contributed by atoms with Crippen LogP contribution in [0.5, 0.6) is 0 Å². The molecule has 0 saturated carbocycles. The molecule has 0 unspecified atom stereocenters. The maximum atomic E-state index is 10.9. The lowest BCUT2D eigenvalue weighted by Gasteiger charge is -2.17. The summed E-state index contributed by atoms with van der Waals surface area (Å²) in [6.07, 6.45) is 0. The fraction of sp³-hybridized carbons (Fsp3) is 0.222. The van der Waals surface area contributed by atoms with Crippen LogP contribution in [-0.4, -0.2) is 29.2 Å². The molecule has 92 valence electrons. The van der Waals surface area contributed by atoms with Crippen LogP contribution in [0.25, 0.3) is 0 Å². The second-order valence-corrected chi connectivity index (χ2v) is 4.20. The Balaban J connectivity index is 3.51. The van der Waals surface area contributed by atoms with Gasteiger partial charge in [-0.1, -0.05) is 24.4 Å². The Morgan fingerprint density at radius 3 is 2.65 bits per heavy atom. The van der Waals surface area contributed by atoms with Crippen LogP contribution in [0.15, 0.2) is 12.1 Å². The van der Waals surface area contributed by atoms with Crippen molar-refractivity contribution in [3.63, 3.8) is 0 Å². The largest absolute Gasteiger partial charge is 0.382 e. The zero-order chi connectivity index (χ0) is 13.2. The Labute approximate surface area is 109 Å². The molecule has 0 aromatic heterocycles. The number of anilines is 1. The van der Waals surface area contributed by atoms with Gasteiger partial charge in [-0.15, -0.1) is 0 Å². The first-order valence-corrected chi connectivity index (χ1v) is 5.34. The molecular formula is C9H11ClN4O2S. The van der Waals surface area contributed by atoms with Crippen molar-refractivity contribution in [2.45, 2.75) is 0 Å². The molecule has 0 heterocycles. The van der Waals surface area contributed by atoms with E-state index in [1.54, 1.807) is 7.05 Å². The van der Waals surface area contributed by atoms with Gasteiger partial charge in [0.25, 0.3) is 5.69 Å². The van der Waals surface area contributed by atoms with Crippen molar-refractivity contribution in [1.29, 1.82) is 5.41 Å². The quantitative estimate of drug-likeness (QED) is 0.260. The number of halogens is 1. The van der Waals surface area contributed by atoms with E-state index in [0.717, 1.165) is 0 Å². The molecule has 2 N–H and O–H groups in total. The Bertz CT molecular complexity index is 478. The zero-order valence-corrected chi connectivity index (χ0v) is 10.8. The first-order valence-electron chi connectivity index (χ1n) is 4.56. The minimum atomic E-state index is -0.530. The van der Waals surface area contributed by atoms with Crippen LogP contribution >= 0.6 is 24.4 Å². The normalized spacial score (nSPS) is 9.88. The number of rotatable bonds is 3. The number of hydrogen-bond donors (Lipinski definition) is 3. The Morgan fingerprint density at radius 2 is 2.24 bits per heavy atom. The van der Waals surface area contributed by atoms with Gasteiger partial charge in [-0.25, -0.2) is 0 Å². The molecule has 0 saturated heterocycles. The summed E-state index contributed by atoms with van der Waals surface area (Å²) in [6.45, 7) is 0. The topological polar surface area (TPSA) is 82.3 Å². The van der Waals surface area contributed by atoms with E-state index in [1.165, 1.54) is 23.5 Å². The van der Waals surface area contributed by atoms with E-state index < -0.39 is 4.92 Å². The van der Waals surface area contributed by atoms with Crippen LogP contribution in [0.2, 0.25) is 5.02 Å². The van der Waals surface area contributed by atoms with Gasteiger partial charge in [-0.05, 0) is 6.07 Å². The predicted molar refractivity (Wildman–Crippen MR) is 71.2 cm³/mol. The molecule has 0 spiro atoms. The number of nitrogens with one attached hydrogen (secondary N) is 2. The first-order chi connectivity index (χ1) is 7.90. The summed E-state index contributed by atoms with van der Waals surface area (Å²) < 4.78 is 1.23.